The molecule has 0 bridgehead atoms. The van der Waals surface area contributed by atoms with Gasteiger partial charge in [0.2, 0.25) is 33.6 Å². The number of hydrogen-bond acceptors (Lipinski definition) is 18. The number of nitrogens with two attached hydrogens (primary N) is 1. The zero-order valence-corrected chi connectivity index (χ0v) is 54.2. The van der Waals surface area contributed by atoms with Gasteiger partial charge in [0.15, 0.2) is 23.0 Å². The Kier molecular flexibility index (Phi) is 25.1. The Hall–Kier alpha value is -7.97. The van der Waals surface area contributed by atoms with Crippen molar-refractivity contribution >= 4 is 26.1 Å². The number of fused-ring (bicyclic) bond motifs is 2. The van der Waals surface area contributed by atoms with Crippen molar-refractivity contribution in [3.8, 4) is 46.6 Å². The minimum atomic E-state index is -4.17. The third-order valence-electron chi connectivity index (χ3n) is 15.9. The molecule has 92 heavy (non-hydrogen) atoms. The summed E-state index contributed by atoms with van der Waals surface area (Å²) in [5.41, 5.74) is 9.21. The van der Waals surface area contributed by atoms with Crippen LogP contribution in [0.2, 0.25) is 0 Å². The van der Waals surface area contributed by atoms with Gasteiger partial charge < -0.3 is 59.2 Å². The van der Waals surface area contributed by atoms with E-state index in [-0.39, 0.29) is 62.6 Å². The first-order valence-corrected chi connectivity index (χ1v) is 33.7. The fourth-order valence-electron chi connectivity index (χ4n) is 10.8. The van der Waals surface area contributed by atoms with Crippen LogP contribution >= 0.6 is 0 Å². The normalized spacial score (nSPS) is 15.7. The minimum Gasteiger partial charge on any atom is -0.489 e. The number of carbonyl (C=O) groups is 1. The van der Waals surface area contributed by atoms with Gasteiger partial charge in [-0.3, -0.25) is 0 Å². The zero-order chi connectivity index (χ0) is 65.7. The number of aliphatic hydroxyl groups is 2. The summed E-state index contributed by atoms with van der Waals surface area (Å²) >= 11 is 0. The first-order chi connectivity index (χ1) is 44.1. The molecule has 23 heteroatoms. The predicted molar refractivity (Wildman–Crippen MR) is 344 cm³/mol. The highest BCUT2D eigenvalue weighted by Gasteiger charge is 2.38. The van der Waals surface area contributed by atoms with Crippen molar-refractivity contribution in [2.75, 3.05) is 53.0 Å². The Morgan fingerprint density at radius 2 is 1.07 bits per heavy atom. The van der Waals surface area contributed by atoms with Crippen LogP contribution in [-0.4, -0.2) is 125 Å². The lowest BCUT2D eigenvalue weighted by Crippen LogP contribution is -2.52. The van der Waals surface area contributed by atoms with Gasteiger partial charge in [-0.2, -0.15) is 19.1 Å². The van der Waals surface area contributed by atoms with E-state index < -0.39 is 67.4 Å². The summed E-state index contributed by atoms with van der Waals surface area (Å²) in [5, 5.41) is 43.8. The number of nitriles is 2. The Bertz CT molecular complexity index is 3640. The van der Waals surface area contributed by atoms with Gasteiger partial charge in [0.25, 0.3) is 0 Å². The lowest BCUT2D eigenvalue weighted by molar-refractivity contribution is 0.0624. The number of aliphatic hydroxyl groups excluding tert-OH is 2. The van der Waals surface area contributed by atoms with E-state index >= 15 is 0 Å². The molecule has 492 valence electrons. The van der Waals surface area contributed by atoms with Crippen LogP contribution in [0.3, 0.4) is 0 Å². The van der Waals surface area contributed by atoms with Crippen molar-refractivity contribution in [3.63, 3.8) is 0 Å². The quantitative estimate of drug-likeness (QED) is 0.0286. The molecule has 1 amide bonds. The summed E-state index contributed by atoms with van der Waals surface area (Å²) in [6.07, 6.45) is 0.697. The van der Waals surface area contributed by atoms with Crippen molar-refractivity contribution in [2.24, 2.45) is 16.6 Å². The van der Waals surface area contributed by atoms with Gasteiger partial charge in [0, 0.05) is 63.6 Å². The van der Waals surface area contributed by atoms with Crippen LogP contribution in [0.4, 0.5) is 4.79 Å². The lowest BCUT2D eigenvalue weighted by atomic mass is 9.87. The average molecular weight is 1300 g/mol. The number of amides is 1. The molecule has 3 aliphatic heterocycles. The van der Waals surface area contributed by atoms with Gasteiger partial charge in [-0.05, 0) is 120 Å². The van der Waals surface area contributed by atoms with Crippen molar-refractivity contribution in [3.05, 3.63) is 168 Å². The summed E-state index contributed by atoms with van der Waals surface area (Å²) < 4.78 is 103. The highest BCUT2D eigenvalue weighted by molar-refractivity contribution is 7.89. The smallest absolute Gasteiger partial charge is 0.407 e. The Balaban J connectivity index is 0.000000240. The fourth-order valence-corrected chi connectivity index (χ4v) is 14.1. The molecule has 0 radical (unpaired) electrons. The molecule has 3 aliphatic rings. The number of unbranched alkanes of at least 4 members (excludes halogenated alkanes) is 2. The van der Waals surface area contributed by atoms with Crippen molar-refractivity contribution in [1.29, 1.82) is 10.5 Å². The molecule has 1 fully saturated rings. The first kappa shape index (κ1) is 69.9. The zero-order valence-electron chi connectivity index (χ0n) is 52.6. The summed E-state index contributed by atoms with van der Waals surface area (Å²) in [5.74, 6) is 2.97. The molecule has 3 heterocycles. The van der Waals surface area contributed by atoms with E-state index in [1.165, 1.54) is 32.9 Å². The van der Waals surface area contributed by atoms with Crippen LogP contribution in [0.25, 0.3) is 0 Å². The molecule has 0 saturated carbocycles. The molecule has 0 spiro atoms. The van der Waals surface area contributed by atoms with Gasteiger partial charge in [0.05, 0.1) is 53.4 Å². The van der Waals surface area contributed by atoms with Crippen molar-refractivity contribution in [2.45, 2.75) is 139 Å². The maximum atomic E-state index is 14.2. The number of nitrogens with zero attached hydrogens (tertiary/aromatic N) is 4. The van der Waals surface area contributed by atoms with Crippen LogP contribution < -0.4 is 39.5 Å². The Morgan fingerprint density at radius 3 is 1.51 bits per heavy atom. The molecule has 6 aromatic carbocycles. The number of sulfonamides is 2. The van der Waals surface area contributed by atoms with Crippen LogP contribution in [0.15, 0.2) is 155 Å². The fraction of sp³-hybridized carbons (Fsp3) is 0.435. The van der Waals surface area contributed by atoms with Gasteiger partial charge in [-0.1, -0.05) is 113 Å². The summed E-state index contributed by atoms with van der Waals surface area (Å²) in [6.45, 7) is 9.11. The molecular weight excluding hydrogens is 1220 g/mol. The van der Waals surface area contributed by atoms with Gasteiger partial charge in [0.1, 0.15) is 30.8 Å². The number of ether oxygens (including phenoxy) is 8. The largest absolute Gasteiger partial charge is 0.489 e. The number of hydrogen-bond donors (Lipinski definition) is 4. The topological polar surface area (TPSA) is 292 Å². The Labute approximate surface area is 540 Å². The van der Waals surface area contributed by atoms with E-state index in [4.69, 9.17) is 54.2 Å². The third-order valence-corrected chi connectivity index (χ3v) is 19.5. The van der Waals surface area contributed by atoms with Crippen LogP contribution in [0.5, 0.6) is 34.5 Å². The molecule has 21 nitrogen and oxygen atoms in total. The molecule has 0 aliphatic carbocycles. The predicted octanol–water partition coefficient (Wildman–Crippen LogP) is 9.83. The van der Waals surface area contributed by atoms with Gasteiger partial charge >= 0.3 is 6.09 Å². The first-order valence-electron chi connectivity index (χ1n) is 30.8. The lowest BCUT2D eigenvalue weighted by Gasteiger charge is -2.35. The molecule has 0 aromatic heterocycles. The van der Waals surface area contributed by atoms with E-state index in [2.05, 4.69) is 17.5 Å². The maximum absolute atomic E-state index is 14.2. The third kappa shape index (κ3) is 20.8. The number of carbonyl (C=O) groups excluding carboxylic acids is 1. The molecule has 6 aromatic rings. The molecule has 1 saturated heterocycles. The Morgan fingerprint density at radius 1 is 0.620 bits per heavy atom. The average Bonchev–Trinajstić information content (AvgIpc) is 1.23. The second-order valence-corrected chi connectivity index (χ2v) is 28.5. The number of nitrogens with one attached hydrogen (secondary N) is 1. The van der Waals surface area contributed by atoms with Gasteiger partial charge in [-0.25, -0.2) is 21.6 Å². The monoisotopic (exact) mass is 1300 g/mol. The number of alkyl carbamates (subject to hydrolysis) is 1. The van der Waals surface area contributed by atoms with E-state index in [0.29, 0.717) is 99.9 Å². The van der Waals surface area contributed by atoms with E-state index in [1.54, 1.807) is 12.1 Å². The van der Waals surface area contributed by atoms with Crippen molar-refractivity contribution in [1.82, 2.24) is 13.9 Å². The van der Waals surface area contributed by atoms with Gasteiger partial charge in [-0.15, -0.1) is 0 Å². The van der Waals surface area contributed by atoms with E-state index in [9.17, 15) is 31.8 Å². The summed E-state index contributed by atoms with van der Waals surface area (Å²) in [6, 6.07) is 46.1. The van der Waals surface area contributed by atoms with E-state index in [0.717, 1.165) is 28.0 Å². The summed E-state index contributed by atoms with van der Waals surface area (Å²) in [7, 11) is -8.20. The van der Waals surface area contributed by atoms with E-state index in [1.807, 2.05) is 137 Å². The molecule has 0 unspecified atom stereocenters. The highest BCUT2D eigenvalue weighted by atomic mass is 32.2. The molecule has 5 atom stereocenters. The molecule has 9 rings (SSSR count). The maximum Gasteiger partial charge on any atom is 0.407 e. The second-order valence-electron chi connectivity index (χ2n) is 24.7. The minimum absolute atomic E-state index is 0.0102. The standard InChI is InChI=1S/C37H45N3O9S.C32H39N3O6S/c1-37(2,17-6-7-18-38)25-40(50(43,44)31-14-15-34-35(21-31)48-26-47-34)22-33(41)32(39-36(42)49-30-16-19-45-24-30)20-27-10-12-29(13-11-27)46-23-28-8-4-3-5-9-28;1-32(2,16-6-7-17-33)22-35(42(37,38)27-14-15-30-31(19-27)41-23-40-30)20-29(36)28(34)18-24-10-12-26(13-11-24)39-21-25-8-4-3-5-9-25/h3-5,8-15,21,30,32-33,41H,6-7,16-17,19-20,22-26H2,1-2H3,(H,39,42);3-5,8-15,19,28-29,36H,6-7,16,18,20-23,34H2,1-2H3/t30-,32-,33+;28-,29+/m00/s1. The molecular formula is C69H84N6O15S2. The van der Waals surface area contributed by atoms with Crippen LogP contribution in [0, 0.1) is 33.5 Å². The van der Waals surface area contributed by atoms with Crippen LogP contribution in [0.1, 0.15) is 94.9 Å². The highest BCUT2D eigenvalue weighted by Crippen LogP contribution is 2.38. The molecule has 5 N–H and O–H groups in total. The van der Waals surface area contributed by atoms with Crippen LogP contribution in [-0.2, 0) is 55.6 Å². The number of rotatable bonds is 32. The summed E-state index contributed by atoms with van der Waals surface area (Å²) in [4.78, 5) is 13.1. The number of benzene rings is 6. The SMILES string of the molecule is CC(C)(CCCC#N)CN(C[C@@H](O)[C@@H](N)Cc1ccc(OCc2ccccc2)cc1)S(=O)(=O)c1ccc2c(c1)OCO2.CC(C)(CCCC#N)CN(C[C@@H](O)[C@H](Cc1ccc(OCc2ccccc2)cc1)NC(=O)O[C@H]1CCOC1)S(=O)(=O)c1ccc2c(c1)OCO2. The van der Waals surface area contributed by atoms with Crippen molar-refractivity contribution < 1.29 is 69.7 Å². The second kappa shape index (κ2) is 33.0.